The molecule has 1 rings (SSSR count). The second kappa shape index (κ2) is 4.96. The van der Waals surface area contributed by atoms with Crippen molar-refractivity contribution in [2.75, 3.05) is 20.1 Å². The predicted molar refractivity (Wildman–Crippen MR) is 62.5 cm³/mol. The Morgan fingerprint density at radius 3 is 2.73 bits per heavy atom. The molecule has 1 N–H and O–H groups in total. The van der Waals surface area contributed by atoms with Gasteiger partial charge in [-0.1, -0.05) is 13.8 Å². The summed E-state index contributed by atoms with van der Waals surface area (Å²) in [6.07, 6.45) is 1.88. The maximum absolute atomic E-state index is 9.33. The maximum atomic E-state index is 9.33. The van der Waals surface area contributed by atoms with E-state index in [0.29, 0.717) is 12.0 Å². The van der Waals surface area contributed by atoms with E-state index in [2.05, 4.69) is 44.1 Å². The van der Waals surface area contributed by atoms with Crippen LogP contribution in [-0.2, 0) is 0 Å². The van der Waals surface area contributed by atoms with Crippen LogP contribution in [0.15, 0.2) is 0 Å². The maximum Gasteiger partial charge on any atom is 0.109 e. The van der Waals surface area contributed by atoms with Crippen molar-refractivity contribution in [1.82, 2.24) is 10.2 Å². The number of nitriles is 1. The minimum absolute atomic E-state index is 0.282. The summed E-state index contributed by atoms with van der Waals surface area (Å²) in [5.41, 5.74) is -0.282. The summed E-state index contributed by atoms with van der Waals surface area (Å²) >= 11 is 0. The third-order valence-electron chi connectivity index (χ3n) is 3.35. The summed E-state index contributed by atoms with van der Waals surface area (Å²) in [5.74, 6) is 0.602. The molecule has 1 fully saturated rings. The van der Waals surface area contributed by atoms with E-state index in [1.165, 1.54) is 0 Å². The second-order valence-corrected chi connectivity index (χ2v) is 5.25. The van der Waals surface area contributed by atoms with E-state index in [4.69, 9.17) is 0 Å². The smallest absolute Gasteiger partial charge is 0.109 e. The van der Waals surface area contributed by atoms with Gasteiger partial charge in [-0.15, -0.1) is 0 Å². The van der Waals surface area contributed by atoms with Crippen molar-refractivity contribution in [3.05, 3.63) is 0 Å². The molecule has 0 radical (unpaired) electrons. The van der Waals surface area contributed by atoms with Crippen LogP contribution in [0.1, 0.15) is 33.6 Å². The van der Waals surface area contributed by atoms with Gasteiger partial charge >= 0.3 is 0 Å². The van der Waals surface area contributed by atoms with Crippen LogP contribution in [-0.4, -0.2) is 36.6 Å². The number of hydrogen-bond donors (Lipinski definition) is 1. The summed E-state index contributed by atoms with van der Waals surface area (Å²) in [4.78, 5) is 2.33. The molecule has 1 heterocycles. The Balaban J connectivity index is 2.58. The van der Waals surface area contributed by atoms with E-state index in [1.54, 1.807) is 0 Å². The van der Waals surface area contributed by atoms with Gasteiger partial charge in [0.25, 0.3) is 0 Å². The molecule has 1 saturated heterocycles. The lowest BCUT2D eigenvalue weighted by Crippen LogP contribution is -2.55. The van der Waals surface area contributed by atoms with Gasteiger partial charge in [0.1, 0.15) is 5.54 Å². The molecule has 2 atom stereocenters. The van der Waals surface area contributed by atoms with Crippen molar-refractivity contribution >= 4 is 0 Å². The van der Waals surface area contributed by atoms with Crippen LogP contribution < -0.4 is 5.32 Å². The SMILES string of the molecule is CC(C)CNC1(C#N)CCN(C)C(C)C1. The second-order valence-electron chi connectivity index (χ2n) is 5.25. The standard InChI is InChI=1S/C12H23N3/c1-10(2)8-14-12(9-13)5-6-15(4)11(3)7-12/h10-11,14H,5-8H2,1-4H3. The van der Waals surface area contributed by atoms with Crippen molar-refractivity contribution in [2.24, 2.45) is 5.92 Å². The lowest BCUT2D eigenvalue weighted by atomic mass is 9.85. The van der Waals surface area contributed by atoms with E-state index in [9.17, 15) is 5.26 Å². The fourth-order valence-corrected chi connectivity index (χ4v) is 2.05. The van der Waals surface area contributed by atoms with E-state index in [-0.39, 0.29) is 5.54 Å². The molecule has 86 valence electrons. The molecule has 0 amide bonds. The number of rotatable bonds is 3. The first-order valence-electron chi connectivity index (χ1n) is 5.85. The molecule has 0 aromatic heterocycles. The highest BCUT2D eigenvalue weighted by molar-refractivity contribution is 5.11. The van der Waals surface area contributed by atoms with Gasteiger partial charge in [0.15, 0.2) is 0 Å². The lowest BCUT2D eigenvalue weighted by molar-refractivity contribution is 0.135. The zero-order valence-corrected chi connectivity index (χ0v) is 10.4. The lowest BCUT2D eigenvalue weighted by Gasteiger charge is -2.41. The van der Waals surface area contributed by atoms with Crippen molar-refractivity contribution in [1.29, 1.82) is 5.26 Å². The van der Waals surface area contributed by atoms with Crippen molar-refractivity contribution in [2.45, 2.75) is 45.2 Å². The zero-order chi connectivity index (χ0) is 11.5. The first kappa shape index (κ1) is 12.5. The van der Waals surface area contributed by atoms with Crippen molar-refractivity contribution < 1.29 is 0 Å². The van der Waals surface area contributed by atoms with Gasteiger partial charge in [-0.25, -0.2) is 0 Å². The summed E-state index contributed by atoms with van der Waals surface area (Å²) in [6.45, 7) is 8.50. The molecule has 15 heavy (non-hydrogen) atoms. The third-order valence-corrected chi connectivity index (χ3v) is 3.35. The van der Waals surface area contributed by atoms with E-state index in [0.717, 1.165) is 25.9 Å². The Morgan fingerprint density at radius 2 is 2.27 bits per heavy atom. The topological polar surface area (TPSA) is 39.1 Å². The molecular formula is C12H23N3. The fraction of sp³-hybridized carbons (Fsp3) is 0.917. The van der Waals surface area contributed by atoms with Gasteiger partial charge in [-0.2, -0.15) is 5.26 Å². The predicted octanol–water partition coefficient (Wildman–Crippen LogP) is 1.61. The number of likely N-dealkylation sites (tertiary alicyclic amines) is 1. The van der Waals surface area contributed by atoms with E-state index < -0.39 is 0 Å². The van der Waals surface area contributed by atoms with Crippen molar-refractivity contribution in [3.8, 4) is 6.07 Å². The van der Waals surface area contributed by atoms with Gasteiger partial charge in [-0.3, -0.25) is 5.32 Å². The summed E-state index contributed by atoms with van der Waals surface area (Å²) in [6, 6.07) is 2.98. The molecule has 0 aromatic rings. The highest BCUT2D eigenvalue weighted by Crippen LogP contribution is 2.25. The van der Waals surface area contributed by atoms with Gasteiger partial charge in [0.05, 0.1) is 6.07 Å². The number of hydrogen-bond acceptors (Lipinski definition) is 3. The normalized spacial score (nSPS) is 32.9. The van der Waals surface area contributed by atoms with Crippen LogP contribution in [0.5, 0.6) is 0 Å². The van der Waals surface area contributed by atoms with Crippen LogP contribution >= 0.6 is 0 Å². The minimum atomic E-state index is -0.282. The molecule has 0 aliphatic carbocycles. The first-order chi connectivity index (χ1) is 6.99. The fourth-order valence-electron chi connectivity index (χ4n) is 2.05. The van der Waals surface area contributed by atoms with Crippen LogP contribution in [0.3, 0.4) is 0 Å². The molecule has 0 saturated carbocycles. The van der Waals surface area contributed by atoms with Crippen LogP contribution in [0.25, 0.3) is 0 Å². The van der Waals surface area contributed by atoms with E-state index in [1.807, 2.05) is 0 Å². The molecule has 0 aromatic carbocycles. The molecule has 1 aliphatic rings. The molecule has 0 bridgehead atoms. The van der Waals surface area contributed by atoms with Crippen molar-refractivity contribution in [3.63, 3.8) is 0 Å². The Hall–Kier alpha value is -0.590. The molecule has 3 nitrogen and oxygen atoms in total. The van der Waals surface area contributed by atoms with Gasteiger partial charge in [-0.05, 0) is 39.3 Å². The number of nitrogens with one attached hydrogen (secondary N) is 1. The highest BCUT2D eigenvalue weighted by Gasteiger charge is 2.36. The minimum Gasteiger partial charge on any atom is -0.303 e. The summed E-state index contributed by atoms with van der Waals surface area (Å²) < 4.78 is 0. The summed E-state index contributed by atoms with van der Waals surface area (Å²) in [7, 11) is 2.13. The number of piperidine rings is 1. The Kier molecular flexibility index (Phi) is 4.12. The first-order valence-corrected chi connectivity index (χ1v) is 5.85. The molecular weight excluding hydrogens is 186 g/mol. The van der Waals surface area contributed by atoms with Crippen LogP contribution in [0.2, 0.25) is 0 Å². The monoisotopic (exact) mass is 209 g/mol. The number of nitrogens with zero attached hydrogens (tertiary/aromatic N) is 2. The Bertz CT molecular complexity index is 244. The third kappa shape index (κ3) is 3.19. The zero-order valence-electron chi connectivity index (χ0n) is 10.4. The molecule has 1 aliphatic heterocycles. The largest absolute Gasteiger partial charge is 0.303 e. The average Bonchev–Trinajstić information content (AvgIpc) is 2.20. The molecule has 2 unspecified atom stereocenters. The molecule has 3 heteroatoms. The van der Waals surface area contributed by atoms with Crippen LogP contribution in [0, 0.1) is 17.2 Å². The van der Waals surface area contributed by atoms with Gasteiger partial charge in [0, 0.05) is 12.6 Å². The molecule has 0 spiro atoms. The van der Waals surface area contributed by atoms with E-state index >= 15 is 0 Å². The van der Waals surface area contributed by atoms with Crippen LogP contribution in [0.4, 0.5) is 0 Å². The van der Waals surface area contributed by atoms with Gasteiger partial charge in [0.2, 0.25) is 0 Å². The Morgan fingerprint density at radius 1 is 1.60 bits per heavy atom. The van der Waals surface area contributed by atoms with Gasteiger partial charge < -0.3 is 4.90 Å². The Labute approximate surface area is 93.5 Å². The summed E-state index contributed by atoms with van der Waals surface area (Å²) in [5, 5.41) is 12.8. The quantitative estimate of drug-likeness (QED) is 0.767. The average molecular weight is 209 g/mol. The highest BCUT2D eigenvalue weighted by atomic mass is 15.2.